The molecule has 1 atom stereocenters. The molecule has 0 saturated carbocycles. The van der Waals surface area contributed by atoms with Crippen LogP contribution in [0.4, 0.5) is 0 Å². The van der Waals surface area contributed by atoms with Gasteiger partial charge in [0.25, 0.3) is 0 Å². The van der Waals surface area contributed by atoms with Crippen LogP contribution < -0.4 is 5.73 Å². The molecule has 3 heteroatoms. The molecule has 0 radical (unpaired) electrons. The number of nitrogens with zero attached hydrogens (tertiary/aromatic N) is 1. The number of carbonyl (C=O) groups excluding carboxylic acids is 1. The number of likely N-dealkylation sites (tertiary alicyclic amines) is 1. The van der Waals surface area contributed by atoms with E-state index in [0.29, 0.717) is 12.6 Å². The van der Waals surface area contributed by atoms with E-state index in [1.807, 2.05) is 6.07 Å². The quantitative estimate of drug-likeness (QED) is 0.856. The Hall–Kier alpha value is -1.35. The first-order valence-corrected chi connectivity index (χ1v) is 6.32. The maximum Gasteiger partial charge on any atom is 0.231 e. The molecular weight excluding hydrogens is 212 g/mol. The highest BCUT2D eigenvalue weighted by atomic mass is 16.1. The number of nitrogens with two attached hydrogens (primary N) is 1. The summed E-state index contributed by atoms with van der Waals surface area (Å²) in [4.78, 5) is 13.3. The van der Waals surface area contributed by atoms with Crippen molar-refractivity contribution in [2.75, 3.05) is 13.1 Å². The summed E-state index contributed by atoms with van der Waals surface area (Å²) in [6.45, 7) is 1.40. The molecule has 2 N–H and O–H groups in total. The predicted octanol–water partition coefficient (Wildman–Crippen LogP) is 1.57. The minimum absolute atomic E-state index is 0.218. The molecule has 0 bridgehead atoms. The summed E-state index contributed by atoms with van der Waals surface area (Å²) in [5.41, 5.74) is 6.64. The Morgan fingerprint density at radius 1 is 1.29 bits per heavy atom. The summed E-state index contributed by atoms with van der Waals surface area (Å²) in [7, 11) is 0. The van der Waals surface area contributed by atoms with E-state index >= 15 is 0 Å². The van der Waals surface area contributed by atoms with Crippen molar-refractivity contribution >= 4 is 5.91 Å². The van der Waals surface area contributed by atoms with E-state index in [9.17, 15) is 4.79 Å². The van der Waals surface area contributed by atoms with Gasteiger partial charge in [-0.05, 0) is 31.4 Å². The third-order valence-corrected chi connectivity index (χ3v) is 3.42. The average Bonchev–Trinajstić information content (AvgIpc) is 2.32. The molecule has 0 aliphatic carbocycles. The highest BCUT2D eigenvalue weighted by Gasteiger charge is 2.23. The number of hydrogen-bond acceptors (Lipinski definition) is 2. The van der Waals surface area contributed by atoms with Crippen LogP contribution in [0.1, 0.15) is 24.8 Å². The molecule has 1 amide bonds. The van der Waals surface area contributed by atoms with Gasteiger partial charge in [0.1, 0.15) is 0 Å². The summed E-state index contributed by atoms with van der Waals surface area (Å²) in [5.74, 6) is -0.218. The molecule has 1 fully saturated rings. The van der Waals surface area contributed by atoms with Crippen molar-refractivity contribution in [3.63, 3.8) is 0 Å². The van der Waals surface area contributed by atoms with Crippen LogP contribution in [0.25, 0.3) is 0 Å². The summed E-state index contributed by atoms with van der Waals surface area (Å²) < 4.78 is 0. The number of piperidine rings is 1. The van der Waals surface area contributed by atoms with E-state index in [-0.39, 0.29) is 5.91 Å². The van der Waals surface area contributed by atoms with Crippen LogP contribution >= 0.6 is 0 Å². The van der Waals surface area contributed by atoms with Gasteiger partial charge in [-0.3, -0.25) is 9.69 Å². The zero-order chi connectivity index (χ0) is 12.1. The van der Waals surface area contributed by atoms with Crippen molar-refractivity contribution in [1.82, 2.24) is 4.90 Å². The van der Waals surface area contributed by atoms with Gasteiger partial charge >= 0.3 is 0 Å². The van der Waals surface area contributed by atoms with Gasteiger partial charge in [-0.25, -0.2) is 0 Å². The Labute approximate surface area is 103 Å². The molecule has 1 aliphatic heterocycles. The van der Waals surface area contributed by atoms with Gasteiger partial charge in [0.15, 0.2) is 0 Å². The first kappa shape index (κ1) is 12.1. The second-order valence-electron chi connectivity index (χ2n) is 4.78. The Kier molecular flexibility index (Phi) is 4.15. The minimum Gasteiger partial charge on any atom is -0.369 e. The van der Waals surface area contributed by atoms with E-state index in [1.165, 1.54) is 24.8 Å². The summed E-state index contributed by atoms with van der Waals surface area (Å²) >= 11 is 0. The fourth-order valence-corrected chi connectivity index (χ4v) is 2.59. The molecule has 1 saturated heterocycles. The molecule has 2 rings (SSSR count). The highest BCUT2D eigenvalue weighted by Crippen LogP contribution is 2.20. The smallest absolute Gasteiger partial charge is 0.231 e. The fourth-order valence-electron chi connectivity index (χ4n) is 2.59. The molecule has 92 valence electrons. The number of rotatable bonds is 4. The molecule has 1 aromatic rings. The van der Waals surface area contributed by atoms with Crippen LogP contribution in [0, 0.1) is 0 Å². The predicted molar refractivity (Wildman–Crippen MR) is 68.6 cm³/mol. The molecule has 3 nitrogen and oxygen atoms in total. The topological polar surface area (TPSA) is 46.3 Å². The maximum absolute atomic E-state index is 11.0. The third-order valence-electron chi connectivity index (χ3n) is 3.42. The van der Waals surface area contributed by atoms with E-state index in [0.717, 1.165) is 13.0 Å². The van der Waals surface area contributed by atoms with Crippen LogP contribution in [0.3, 0.4) is 0 Å². The van der Waals surface area contributed by atoms with Crippen LogP contribution in [-0.2, 0) is 11.2 Å². The zero-order valence-electron chi connectivity index (χ0n) is 10.1. The van der Waals surface area contributed by atoms with Crippen LogP contribution in [0.2, 0.25) is 0 Å². The van der Waals surface area contributed by atoms with Crippen molar-refractivity contribution in [2.45, 2.75) is 31.7 Å². The number of carbonyl (C=O) groups is 1. The lowest BCUT2D eigenvalue weighted by Gasteiger charge is -2.34. The first-order valence-electron chi connectivity index (χ1n) is 6.32. The van der Waals surface area contributed by atoms with Gasteiger partial charge in [-0.15, -0.1) is 0 Å². The second-order valence-corrected chi connectivity index (χ2v) is 4.78. The molecule has 1 aromatic carbocycles. The van der Waals surface area contributed by atoms with E-state index in [2.05, 4.69) is 29.2 Å². The summed E-state index contributed by atoms with van der Waals surface area (Å²) in [6.07, 6.45) is 4.63. The fraction of sp³-hybridized carbons (Fsp3) is 0.500. The van der Waals surface area contributed by atoms with Crippen molar-refractivity contribution in [1.29, 1.82) is 0 Å². The van der Waals surface area contributed by atoms with Crippen LogP contribution in [-0.4, -0.2) is 29.9 Å². The van der Waals surface area contributed by atoms with Crippen molar-refractivity contribution in [3.8, 4) is 0 Å². The maximum atomic E-state index is 11.0. The largest absolute Gasteiger partial charge is 0.369 e. The van der Waals surface area contributed by atoms with Gasteiger partial charge in [0.2, 0.25) is 5.91 Å². The normalized spacial score (nSPS) is 21.3. The molecule has 0 unspecified atom stereocenters. The van der Waals surface area contributed by atoms with Gasteiger partial charge in [0.05, 0.1) is 6.54 Å². The van der Waals surface area contributed by atoms with E-state index in [1.54, 1.807) is 0 Å². The van der Waals surface area contributed by atoms with Gasteiger partial charge in [-0.2, -0.15) is 0 Å². The van der Waals surface area contributed by atoms with E-state index < -0.39 is 0 Å². The zero-order valence-corrected chi connectivity index (χ0v) is 10.1. The van der Waals surface area contributed by atoms with Crippen molar-refractivity contribution in [2.24, 2.45) is 5.73 Å². The summed E-state index contributed by atoms with van der Waals surface area (Å²) in [6, 6.07) is 10.9. The number of amides is 1. The molecule has 0 aromatic heterocycles. The Morgan fingerprint density at radius 2 is 2.06 bits per heavy atom. The van der Waals surface area contributed by atoms with Crippen molar-refractivity contribution in [3.05, 3.63) is 35.9 Å². The minimum atomic E-state index is -0.218. The lowest BCUT2D eigenvalue weighted by Crippen LogP contribution is -2.45. The van der Waals surface area contributed by atoms with Crippen LogP contribution in [0.5, 0.6) is 0 Å². The van der Waals surface area contributed by atoms with Gasteiger partial charge in [-0.1, -0.05) is 36.8 Å². The SMILES string of the molecule is NC(=O)CN1CCCC[C@@H]1Cc1ccccc1. The molecule has 1 aliphatic rings. The first-order chi connectivity index (χ1) is 8.25. The lowest BCUT2D eigenvalue weighted by molar-refractivity contribution is -0.120. The average molecular weight is 232 g/mol. The second kappa shape index (κ2) is 5.82. The number of hydrogen-bond donors (Lipinski definition) is 1. The monoisotopic (exact) mass is 232 g/mol. The standard InChI is InChI=1S/C14H20N2O/c15-14(17)11-16-9-5-4-8-13(16)10-12-6-2-1-3-7-12/h1-3,6-7,13H,4-5,8-11H2,(H2,15,17)/t13-/m1/s1. The highest BCUT2D eigenvalue weighted by molar-refractivity contribution is 5.76. The Balaban J connectivity index is 1.99. The molecular formula is C14H20N2O. The number of benzene rings is 1. The molecule has 1 heterocycles. The summed E-state index contributed by atoms with van der Waals surface area (Å²) in [5, 5.41) is 0. The third kappa shape index (κ3) is 3.56. The molecule has 0 spiro atoms. The Morgan fingerprint density at radius 3 is 2.76 bits per heavy atom. The van der Waals surface area contributed by atoms with Gasteiger partial charge in [0, 0.05) is 6.04 Å². The lowest BCUT2D eigenvalue weighted by atomic mass is 9.95. The van der Waals surface area contributed by atoms with Crippen molar-refractivity contribution < 1.29 is 4.79 Å². The molecule has 17 heavy (non-hydrogen) atoms. The van der Waals surface area contributed by atoms with Crippen LogP contribution in [0.15, 0.2) is 30.3 Å². The van der Waals surface area contributed by atoms with E-state index in [4.69, 9.17) is 5.73 Å². The Bertz CT molecular complexity index is 364. The van der Waals surface area contributed by atoms with Gasteiger partial charge < -0.3 is 5.73 Å². The number of primary amides is 1.